The molecule has 0 saturated heterocycles. The molecule has 0 bridgehead atoms. The summed E-state index contributed by atoms with van der Waals surface area (Å²) in [6, 6.07) is 50.6. The summed E-state index contributed by atoms with van der Waals surface area (Å²) in [7, 11) is 0. The fourth-order valence-corrected chi connectivity index (χ4v) is 11.2. The molecule has 280 valence electrons. The topological polar surface area (TPSA) is 25.6 Å². The number of nitrogens with zero attached hydrogens (tertiary/aromatic N) is 1. The summed E-state index contributed by atoms with van der Waals surface area (Å²) in [5, 5.41) is 4.68. The lowest BCUT2D eigenvalue weighted by Gasteiger charge is -2.37. The molecular weight excluding hydrogens is 739 g/mol. The van der Waals surface area contributed by atoms with Gasteiger partial charge in [-0.25, -0.2) is 0 Å². The number of benzene rings is 7. The van der Waals surface area contributed by atoms with Crippen LogP contribution in [0.2, 0.25) is 0 Å². The summed E-state index contributed by atoms with van der Waals surface area (Å²) in [5.74, 6) is 0.781. The number of rotatable bonds is 3. The highest BCUT2D eigenvalue weighted by Gasteiger charge is 2.49. The Morgan fingerprint density at radius 1 is 0.644 bits per heavy atom. The van der Waals surface area contributed by atoms with Crippen molar-refractivity contribution in [3.63, 3.8) is 0 Å². The van der Waals surface area contributed by atoms with E-state index in [4.69, 9.17) is 9.15 Å². The maximum absolute atomic E-state index is 6.57. The van der Waals surface area contributed by atoms with E-state index < -0.39 is 5.41 Å². The number of furan rings is 1. The lowest BCUT2D eigenvalue weighted by molar-refractivity contribution is 0.474. The zero-order chi connectivity index (χ0) is 39.4. The smallest absolute Gasteiger partial charge is 0.136 e. The molecule has 0 N–H and O–H groups in total. The molecule has 2 aromatic heterocycles. The normalized spacial score (nSPS) is 16.4. The van der Waals surface area contributed by atoms with Gasteiger partial charge in [0.25, 0.3) is 0 Å². The molecule has 7 aromatic carbocycles. The van der Waals surface area contributed by atoms with Gasteiger partial charge in [-0.1, -0.05) is 134 Å². The van der Waals surface area contributed by atoms with Crippen molar-refractivity contribution >= 4 is 76.9 Å². The van der Waals surface area contributed by atoms with Gasteiger partial charge < -0.3 is 14.1 Å². The quantitative estimate of drug-likeness (QED) is 0.179. The van der Waals surface area contributed by atoms with E-state index in [9.17, 15) is 0 Å². The van der Waals surface area contributed by atoms with Crippen LogP contribution in [-0.2, 0) is 5.41 Å². The Morgan fingerprint density at radius 3 is 2.14 bits per heavy atom. The molecule has 12 rings (SSSR count). The van der Waals surface area contributed by atoms with Crippen LogP contribution in [0.4, 0.5) is 5.69 Å². The zero-order valence-electron chi connectivity index (χ0n) is 32.6. The van der Waals surface area contributed by atoms with Gasteiger partial charge in [-0.2, -0.15) is 0 Å². The molecule has 3 heterocycles. The minimum absolute atomic E-state index is 0.669. The number of para-hydroxylation sites is 2. The molecule has 9 aromatic rings. The number of anilines is 1. The van der Waals surface area contributed by atoms with Crippen molar-refractivity contribution in [3.8, 4) is 16.9 Å². The average Bonchev–Trinajstić information content (AvgIpc) is 3.91. The maximum Gasteiger partial charge on any atom is 0.136 e. The van der Waals surface area contributed by atoms with Crippen LogP contribution in [0.3, 0.4) is 0 Å². The van der Waals surface area contributed by atoms with Crippen LogP contribution in [-0.4, -0.2) is 0 Å². The van der Waals surface area contributed by atoms with Crippen molar-refractivity contribution in [1.82, 2.24) is 0 Å². The Morgan fingerprint density at radius 2 is 1.34 bits per heavy atom. The molecule has 1 aliphatic heterocycles. The first-order chi connectivity index (χ1) is 29.0. The third kappa shape index (κ3) is 4.69. The molecular formula is C55H37NO2S. The van der Waals surface area contributed by atoms with Crippen LogP contribution in [0.1, 0.15) is 52.8 Å². The van der Waals surface area contributed by atoms with Crippen molar-refractivity contribution in [2.45, 2.75) is 19.3 Å². The molecule has 4 heteroatoms. The van der Waals surface area contributed by atoms with E-state index in [1.54, 1.807) is 0 Å². The SMILES string of the molecule is C=C1/C=C\C(N(/C(C)=C/C)c2cc3c(c4sc5ccccc5c24)C=Cc2cc4oc5ccccc5c4cc2C32c3ccccc3-c3ccccc32)=C/Oc2ccccc21. The van der Waals surface area contributed by atoms with E-state index in [1.165, 1.54) is 59.1 Å². The van der Waals surface area contributed by atoms with Gasteiger partial charge in [0.1, 0.15) is 23.2 Å². The van der Waals surface area contributed by atoms with Crippen molar-refractivity contribution in [1.29, 1.82) is 0 Å². The van der Waals surface area contributed by atoms with E-state index in [2.05, 4.69) is 171 Å². The molecule has 0 fully saturated rings. The summed E-state index contributed by atoms with van der Waals surface area (Å²) in [4.78, 5) is 2.38. The monoisotopic (exact) mass is 775 g/mol. The van der Waals surface area contributed by atoms with Crippen LogP contribution in [0, 0.1) is 0 Å². The minimum atomic E-state index is -0.669. The molecule has 0 unspecified atom stereocenters. The summed E-state index contributed by atoms with van der Waals surface area (Å²) in [5.41, 5.74) is 16.0. The molecule has 0 radical (unpaired) electrons. The minimum Gasteiger partial charge on any atom is -0.462 e. The predicted molar refractivity (Wildman–Crippen MR) is 248 cm³/mol. The molecule has 2 aliphatic carbocycles. The number of hydrogen-bond acceptors (Lipinski definition) is 4. The summed E-state index contributed by atoms with van der Waals surface area (Å²) in [6.45, 7) is 8.75. The zero-order valence-corrected chi connectivity index (χ0v) is 33.4. The number of ether oxygens (including phenoxy) is 1. The fraction of sp³-hybridized carbons (Fsp3) is 0.0545. The van der Waals surface area contributed by atoms with Crippen LogP contribution >= 0.6 is 11.3 Å². The Bertz CT molecular complexity index is 3380. The Balaban J connectivity index is 1.25. The Kier molecular flexibility index (Phi) is 7.30. The third-order valence-electron chi connectivity index (χ3n) is 12.7. The maximum atomic E-state index is 6.57. The van der Waals surface area contributed by atoms with E-state index >= 15 is 0 Å². The lowest BCUT2D eigenvalue weighted by Crippen LogP contribution is -2.31. The van der Waals surface area contributed by atoms with Crippen LogP contribution in [0.5, 0.6) is 5.75 Å². The highest BCUT2D eigenvalue weighted by atomic mass is 32.1. The first-order valence-electron chi connectivity index (χ1n) is 20.1. The van der Waals surface area contributed by atoms with Crippen LogP contribution < -0.4 is 9.64 Å². The van der Waals surface area contributed by atoms with Crippen LogP contribution in [0.25, 0.3) is 71.0 Å². The second-order valence-corrected chi connectivity index (χ2v) is 16.7. The molecule has 0 amide bonds. The van der Waals surface area contributed by atoms with E-state index in [-0.39, 0.29) is 0 Å². The summed E-state index contributed by atoms with van der Waals surface area (Å²) >= 11 is 1.87. The van der Waals surface area contributed by atoms with Crippen molar-refractivity contribution in [2.75, 3.05) is 4.90 Å². The van der Waals surface area contributed by atoms with E-state index in [0.29, 0.717) is 0 Å². The predicted octanol–water partition coefficient (Wildman–Crippen LogP) is 15.0. The van der Waals surface area contributed by atoms with Gasteiger partial charge in [-0.3, -0.25) is 0 Å². The number of hydrogen-bond donors (Lipinski definition) is 0. The number of thiophene rings is 1. The summed E-state index contributed by atoms with van der Waals surface area (Å²) in [6.07, 6.45) is 13.0. The fourth-order valence-electron chi connectivity index (χ4n) is 10.00. The van der Waals surface area contributed by atoms with Gasteiger partial charge in [0.05, 0.1) is 16.8 Å². The van der Waals surface area contributed by atoms with Gasteiger partial charge in [0, 0.05) is 42.2 Å². The van der Waals surface area contributed by atoms with Gasteiger partial charge in [-0.05, 0) is 106 Å². The second kappa shape index (κ2) is 12.7. The molecule has 1 spiro atoms. The van der Waals surface area contributed by atoms with Crippen molar-refractivity contribution in [3.05, 3.63) is 221 Å². The molecule has 3 nitrogen and oxygen atoms in total. The average molecular weight is 776 g/mol. The molecule has 0 saturated carbocycles. The van der Waals surface area contributed by atoms with Gasteiger partial charge in [0.2, 0.25) is 0 Å². The first-order valence-corrected chi connectivity index (χ1v) is 20.9. The summed E-state index contributed by atoms with van der Waals surface area (Å²) < 4.78 is 15.6. The largest absolute Gasteiger partial charge is 0.462 e. The number of fused-ring (bicyclic) bond motifs is 17. The van der Waals surface area contributed by atoms with Gasteiger partial charge >= 0.3 is 0 Å². The standard InChI is InChI=1S/C55H37NO2S/c1-4-34(3)56(36-27-25-33(2)37-15-7-12-22-49(37)57-32-36)48-31-47-41(54-53(48)42-19-9-14-24-52(42)59-54)28-26-35-29-51-43(40-18-8-13-23-50(40)58-51)30-46(35)55(47)44-20-10-5-16-38(44)39-17-6-11-21-45(39)55/h4-32H,2H2,1,3H3/b27-25-,34-4+,36-32+. The lowest BCUT2D eigenvalue weighted by atomic mass is 9.65. The van der Waals surface area contributed by atoms with Gasteiger partial charge in [0.15, 0.2) is 0 Å². The highest BCUT2D eigenvalue weighted by molar-refractivity contribution is 7.26. The van der Waals surface area contributed by atoms with E-state index in [0.717, 1.165) is 61.5 Å². The van der Waals surface area contributed by atoms with E-state index in [1.807, 2.05) is 41.9 Å². The Labute approximate surface area is 346 Å². The van der Waals surface area contributed by atoms with Crippen molar-refractivity contribution < 1.29 is 9.15 Å². The van der Waals surface area contributed by atoms with Crippen LogP contribution in [0.15, 0.2) is 186 Å². The number of allylic oxidation sites excluding steroid dienone is 5. The Hall–Kier alpha value is -7.14. The highest BCUT2D eigenvalue weighted by Crippen LogP contribution is 2.61. The van der Waals surface area contributed by atoms with Gasteiger partial charge in [-0.15, -0.1) is 11.3 Å². The third-order valence-corrected chi connectivity index (χ3v) is 13.9. The second-order valence-electron chi connectivity index (χ2n) is 15.6. The molecule has 0 atom stereocenters. The molecule has 59 heavy (non-hydrogen) atoms. The van der Waals surface area contributed by atoms with Crippen molar-refractivity contribution in [2.24, 2.45) is 0 Å². The molecule has 3 aliphatic rings. The first kappa shape index (κ1) is 33.9.